The van der Waals surface area contributed by atoms with E-state index in [4.69, 9.17) is 0 Å². The van der Waals surface area contributed by atoms with Crippen molar-refractivity contribution in [2.75, 3.05) is 5.32 Å². The van der Waals surface area contributed by atoms with Crippen LogP contribution in [0.25, 0.3) is 6.08 Å². The van der Waals surface area contributed by atoms with Gasteiger partial charge in [0.1, 0.15) is 0 Å². The minimum absolute atomic E-state index is 0.0660. The van der Waals surface area contributed by atoms with Crippen molar-refractivity contribution in [3.63, 3.8) is 0 Å². The number of thiophene rings is 1. The zero-order chi connectivity index (χ0) is 14.4. The lowest BCUT2D eigenvalue weighted by atomic mass is 10.1. The lowest BCUT2D eigenvalue weighted by Crippen LogP contribution is -2.09. The molecule has 1 heterocycles. The van der Waals surface area contributed by atoms with Crippen LogP contribution in [-0.4, -0.2) is 11.7 Å². The molecule has 20 heavy (non-hydrogen) atoms. The molecular formula is C16H15NO2S. The van der Waals surface area contributed by atoms with Crippen molar-refractivity contribution in [1.29, 1.82) is 0 Å². The summed E-state index contributed by atoms with van der Waals surface area (Å²) in [5, 5.41) is 4.71. The van der Waals surface area contributed by atoms with Gasteiger partial charge in [-0.3, -0.25) is 9.59 Å². The van der Waals surface area contributed by atoms with E-state index in [9.17, 15) is 9.59 Å². The topological polar surface area (TPSA) is 46.2 Å². The summed E-state index contributed by atoms with van der Waals surface area (Å²) in [7, 11) is 0. The van der Waals surface area contributed by atoms with Crippen LogP contribution in [-0.2, 0) is 4.79 Å². The molecule has 0 unspecified atom stereocenters. The van der Waals surface area contributed by atoms with E-state index in [-0.39, 0.29) is 11.7 Å². The first-order valence-electron chi connectivity index (χ1n) is 6.35. The van der Waals surface area contributed by atoms with Gasteiger partial charge in [-0.2, -0.15) is 0 Å². The molecule has 2 rings (SSSR count). The molecule has 3 nitrogen and oxygen atoms in total. The number of nitrogens with one attached hydrogen (secondary N) is 1. The summed E-state index contributed by atoms with van der Waals surface area (Å²) in [4.78, 5) is 24.4. The second kappa shape index (κ2) is 6.82. The first-order valence-corrected chi connectivity index (χ1v) is 7.23. The smallest absolute Gasteiger partial charge is 0.224 e. The number of rotatable bonds is 5. The number of allylic oxidation sites excluding steroid dienone is 1. The molecular weight excluding hydrogens is 270 g/mol. The maximum Gasteiger partial charge on any atom is 0.224 e. The average Bonchev–Trinajstić information content (AvgIpc) is 2.98. The highest BCUT2D eigenvalue weighted by molar-refractivity contribution is 7.10. The van der Waals surface area contributed by atoms with E-state index in [1.54, 1.807) is 54.7 Å². The first-order chi connectivity index (χ1) is 9.69. The SMILES string of the molecule is CCC(=O)Nc1cccc(C(=O)/C=C/c2cccs2)c1. The van der Waals surface area contributed by atoms with Crippen LogP contribution in [0.5, 0.6) is 0 Å². The summed E-state index contributed by atoms with van der Waals surface area (Å²) >= 11 is 1.58. The van der Waals surface area contributed by atoms with Crippen molar-refractivity contribution in [3.8, 4) is 0 Å². The lowest BCUT2D eigenvalue weighted by Gasteiger charge is -2.04. The number of hydrogen-bond donors (Lipinski definition) is 1. The third-order valence-corrected chi connectivity index (χ3v) is 3.53. The number of carbonyl (C=O) groups is 2. The Labute approximate surface area is 122 Å². The molecule has 0 aliphatic heterocycles. The summed E-state index contributed by atoms with van der Waals surface area (Å²) in [6.07, 6.45) is 3.76. The molecule has 1 aromatic heterocycles. The van der Waals surface area contributed by atoms with Crippen molar-refractivity contribution < 1.29 is 9.59 Å². The van der Waals surface area contributed by atoms with E-state index >= 15 is 0 Å². The quantitative estimate of drug-likeness (QED) is 0.667. The molecule has 0 radical (unpaired) electrons. The number of benzene rings is 1. The predicted molar refractivity (Wildman–Crippen MR) is 83.0 cm³/mol. The molecule has 0 saturated carbocycles. The van der Waals surface area contributed by atoms with Crippen molar-refractivity contribution in [3.05, 3.63) is 58.3 Å². The van der Waals surface area contributed by atoms with E-state index in [0.717, 1.165) is 4.88 Å². The molecule has 102 valence electrons. The summed E-state index contributed by atoms with van der Waals surface area (Å²) in [5.41, 5.74) is 1.21. The van der Waals surface area contributed by atoms with Gasteiger partial charge in [-0.25, -0.2) is 0 Å². The van der Waals surface area contributed by atoms with Crippen molar-refractivity contribution in [2.24, 2.45) is 0 Å². The van der Waals surface area contributed by atoms with Crippen LogP contribution in [0.4, 0.5) is 5.69 Å². The van der Waals surface area contributed by atoms with Crippen LogP contribution in [0, 0.1) is 0 Å². The van der Waals surface area contributed by atoms with E-state index < -0.39 is 0 Å². The zero-order valence-corrected chi connectivity index (χ0v) is 11.9. The van der Waals surface area contributed by atoms with Crippen LogP contribution in [0.3, 0.4) is 0 Å². The minimum atomic E-state index is -0.0778. The Hall–Kier alpha value is -2.20. The molecule has 0 atom stereocenters. The molecule has 1 amide bonds. The molecule has 0 fully saturated rings. The van der Waals surface area contributed by atoms with Crippen LogP contribution in [0.15, 0.2) is 47.9 Å². The third kappa shape index (κ3) is 3.90. The Balaban J connectivity index is 2.10. The van der Waals surface area contributed by atoms with Crippen LogP contribution >= 0.6 is 11.3 Å². The predicted octanol–water partition coefficient (Wildman–Crippen LogP) is 3.99. The fraction of sp³-hybridized carbons (Fsp3) is 0.125. The van der Waals surface area contributed by atoms with Gasteiger partial charge in [0.2, 0.25) is 5.91 Å². The van der Waals surface area contributed by atoms with Gasteiger partial charge in [-0.15, -0.1) is 11.3 Å². The Kier molecular flexibility index (Phi) is 4.85. The van der Waals surface area contributed by atoms with Crippen LogP contribution in [0.1, 0.15) is 28.6 Å². The standard InChI is InChI=1S/C16H15NO2S/c1-2-16(19)17-13-6-3-5-12(11-13)15(18)9-8-14-7-4-10-20-14/h3-11H,2H2,1H3,(H,17,19)/b9-8+. The molecule has 0 aliphatic rings. The Morgan fingerprint density at radius 3 is 2.80 bits per heavy atom. The molecule has 2 aromatic rings. The fourth-order valence-corrected chi connectivity index (χ4v) is 2.26. The summed E-state index contributed by atoms with van der Waals surface area (Å²) in [5.74, 6) is -0.144. The third-order valence-electron chi connectivity index (χ3n) is 2.69. The van der Waals surface area contributed by atoms with E-state index in [1.165, 1.54) is 0 Å². The summed E-state index contributed by atoms with van der Waals surface area (Å²) < 4.78 is 0. The van der Waals surface area contributed by atoms with Crippen molar-refractivity contribution >= 4 is 34.8 Å². The van der Waals surface area contributed by atoms with Crippen LogP contribution in [0.2, 0.25) is 0 Å². The number of carbonyl (C=O) groups excluding carboxylic acids is 2. The van der Waals surface area contributed by atoms with E-state index in [0.29, 0.717) is 17.7 Å². The van der Waals surface area contributed by atoms with Gasteiger partial charge in [0, 0.05) is 22.5 Å². The second-order valence-corrected chi connectivity index (χ2v) is 5.17. The van der Waals surface area contributed by atoms with Gasteiger partial charge in [-0.1, -0.05) is 25.1 Å². The highest BCUT2D eigenvalue weighted by Gasteiger charge is 2.04. The lowest BCUT2D eigenvalue weighted by molar-refractivity contribution is -0.115. The molecule has 0 saturated heterocycles. The minimum Gasteiger partial charge on any atom is -0.326 e. The Bertz CT molecular complexity index is 630. The van der Waals surface area contributed by atoms with E-state index in [1.807, 2.05) is 17.5 Å². The normalized spacial score (nSPS) is 10.7. The number of ketones is 1. The number of anilines is 1. The van der Waals surface area contributed by atoms with Gasteiger partial charge in [0.25, 0.3) is 0 Å². The van der Waals surface area contributed by atoms with E-state index in [2.05, 4.69) is 5.32 Å². The Morgan fingerprint density at radius 2 is 2.10 bits per heavy atom. The second-order valence-electron chi connectivity index (χ2n) is 4.20. The molecule has 0 aliphatic carbocycles. The van der Waals surface area contributed by atoms with Crippen LogP contribution < -0.4 is 5.32 Å². The van der Waals surface area contributed by atoms with Crippen molar-refractivity contribution in [1.82, 2.24) is 0 Å². The highest BCUT2D eigenvalue weighted by atomic mass is 32.1. The monoisotopic (exact) mass is 285 g/mol. The number of hydrogen-bond acceptors (Lipinski definition) is 3. The van der Waals surface area contributed by atoms with Gasteiger partial charge in [0.15, 0.2) is 5.78 Å². The summed E-state index contributed by atoms with van der Waals surface area (Å²) in [6.45, 7) is 1.79. The fourth-order valence-electron chi connectivity index (χ4n) is 1.64. The molecule has 1 aromatic carbocycles. The molecule has 1 N–H and O–H groups in total. The maximum atomic E-state index is 12.1. The maximum absolute atomic E-state index is 12.1. The first kappa shape index (κ1) is 14.2. The zero-order valence-electron chi connectivity index (χ0n) is 11.1. The molecule has 4 heteroatoms. The largest absolute Gasteiger partial charge is 0.326 e. The Morgan fingerprint density at radius 1 is 1.25 bits per heavy atom. The van der Waals surface area contributed by atoms with Crippen molar-refractivity contribution in [2.45, 2.75) is 13.3 Å². The van der Waals surface area contributed by atoms with Gasteiger partial charge in [-0.05, 0) is 35.7 Å². The number of amides is 1. The van der Waals surface area contributed by atoms with Gasteiger partial charge in [0.05, 0.1) is 0 Å². The molecule has 0 bridgehead atoms. The highest BCUT2D eigenvalue weighted by Crippen LogP contribution is 2.14. The van der Waals surface area contributed by atoms with Gasteiger partial charge < -0.3 is 5.32 Å². The average molecular weight is 285 g/mol. The summed E-state index contributed by atoms with van der Waals surface area (Å²) in [6, 6.07) is 10.9. The molecule has 0 spiro atoms. The van der Waals surface area contributed by atoms with Gasteiger partial charge >= 0.3 is 0 Å².